The summed E-state index contributed by atoms with van der Waals surface area (Å²) in [5.41, 5.74) is 3.22. The van der Waals surface area contributed by atoms with Crippen LogP contribution in [0.25, 0.3) is 11.5 Å². The van der Waals surface area contributed by atoms with Crippen LogP contribution in [0, 0.1) is 13.8 Å². The average molecular weight is 552 g/mol. The molecule has 0 bridgehead atoms. The molecule has 0 unspecified atom stereocenters. The van der Waals surface area contributed by atoms with E-state index >= 15 is 0 Å². The number of rotatable bonds is 12. The zero-order valence-corrected chi connectivity index (χ0v) is 23.5. The van der Waals surface area contributed by atoms with Gasteiger partial charge in [0.1, 0.15) is 16.5 Å². The van der Waals surface area contributed by atoms with E-state index in [1.807, 2.05) is 62.4 Å². The van der Waals surface area contributed by atoms with Crippen molar-refractivity contribution in [1.82, 2.24) is 30.1 Å². The van der Waals surface area contributed by atoms with Crippen molar-refractivity contribution in [3.63, 3.8) is 0 Å². The van der Waals surface area contributed by atoms with Gasteiger partial charge in [-0.3, -0.25) is 9.69 Å². The molecule has 3 aromatic rings. The first kappa shape index (κ1) is 28.9. The number of pyridine rings is 1. The van der Waals surface area contributed by atoms with E-state index in [2.05, 4.69) is 35.4 Å². The van der Waals surface area contributed by atoms with Gasteiger partial charge in [0.05, 0.1) is 18.3 Å². The molecule has 0 aliphatic carbocycles. The molecule has 10 heteroatoms. The van der Waals surface area contributed by atoms with E-state index in [0.717, 1.165) is 56.9 Å². The number of piperazine rings is 1. The van der Waals surface area contributed by atoms with Gasteiger partial charge in [0.15, 0.2) is 5.82 Å². The van der Waals surface area contributed by atoms with Crippen LogP contribution < -0.4 is 10.6 Å². The first-order valence-corrected chi connectivity index (χ1v) is 13.9. The Labute approximate surface area is 235 Å². The van der Waals surface area contributed by atoms with E-state index in [1.54, 1.807) is 0 Å². The number of aromatic nitrogens is 3. The lowest BCUT2D eigenvalue weighted by molar-refractivity contribution is -0.122. The number of aryl methyl sites for hydroxylation is 2. The Kier molecular flexibility index (Phi) is 10.6. The first-order valence-electron chi connectivity index (χ1n) is 13.5. The molecule has 1 aliphatic heterocycles. The minimum absolute atomic E-state index is 0.0131. The number of benzene rings is 1. The van der Waals surface area contributed by atoms with Crippen molar-refractivity contribution in [2.24, 2.45) is 0 Å². The van der Waals surface area contributed by atoms with Crippen molar-refractivity contribution < 1.29 is 9.90 Å². The molecule has 9 nitrogen and oxygen atoms in total. The molecule has 1 aliphatic rings. The van der Waals surface area contributed by atoms with Crippen molar-refractivity contribution in [3.05, 3.63) is 70.5 Å². The third-order valence-corrected chi connectivity index (χ3v) is 7.36. The van der Waals surface area contributed by atoms with E-state index in [4.69, 9.17) is 16.7 Å². The highest BCUT2D eigenvalue weighted by Gasteiger charge is 2.19. The number of amides is 1. The Bertz CT molecular complexity index is 1220. The number of nitrogens with one attached hydrogen (secondary N) is 2. The molecule has 0 radical (unpaired) electrons. The third kappa shape index (κ3) is 8.44. The largest absolute Gasteiger partial charge is 0.395 e. The van der Waals surface area contributed by atoms with Crippen molar-refractivity contribution in [2.75, 3.05) is 57.7 Å². The highest BCUT2D eigenvalue weighted by molar-refractivity contribution is 6.33. The fourth-order valence-electron chi connectivity index (χ4n) is 4.70. The number of nitrogens with zero attached hydrogens (tertiary/aromatic N) is 5. The Morgan fingerprint density at radius 1 is 0.974 bits per heavy atom. The summed E-state index contributed by atoms with van der Waals surface area (Å²) in [4.78, 5) is 31.3. The van der Waals surface area contributed by atoms with Gasteiger partial charge in [-0.05, 0) is 44.5 Å². The summed E-state index contributed by atoms with van der Waals surface area (Å²) in [7, 11) is 0. The maximum Gasteiger partial charge on any atom is 0.220 e. The molecule has 1 amide bonds. The summed E-state index contributed by atoms with van der Waals surface area (Å²) in [6.07, 6.45) is 1.25. The Hall–Kier alpha value is -3.11. The second kappa shape index (κ2) is 14.3. The first-order chi connectivity index (χ1) is 18.9. The number of hydrogen-bond acceptors (Lipinski definition) is 8. The fraction of sp³-hybridized carbons (Fsp3) is 0.448. The summed E-state index contributed by atoms with van der Waals surface area (Å²) in [5, 5.41) is 16.1. The van der Waals surface area contributed by atoms with Crippen molar-refractivity contribution >= 4 is 23.3 Å². The minimum Gasteiger partial charge on any atom is -0.395 e. The van der Waals surface area contributed by atoms with Crippen molar-refractivity contribution in [1.29, 1.82) is 0 Å². The van der Waals surface area contributed by atoms with Crippen LogP contribution in [-0.2, 0) is 4.79 Å². The monoisotopic (exact) mass is 551 g/mol. The topological polar surface area (TPSA) is 107 Å². The molecule has 4 rings (SSSR count). The smallest absolute Gasteiger partial charge is 0.220 e. The van der Waals surface area contributed by atoms with Crippen LogP contribution in [0.4, 0.5) is 5.82 Å². The van der Waals surface area contributed by atoms with Crippen molar-refractivity contribution in [2.45, 2.75) is 32.7 Å². The summed E-state index contributed by atoms with van der Waals surface area (Å²) in [6, 6.07) is 15.4. The quantitative estimate of drug-likeness (QED) is 0.314. The van der Waals surface area contributed by atoms with Gasteiger partial charge in [-0.1, -0.05) is 48.0 Å². The van der Waals surface area contributed by atoms with Gasteiger partial charge >= 0.3 is 0 Å². The summed E-state index contributed by atoms with van der Waals surface area (Å²) >= 11 is 6.57. The molecule has 1 fully saturated rings. The fourth-order valence-corrected chi connectivity index (χ4v) is 4.85. The summed E-state index contributed by atoms with van der Waals surface area (Å²) in [5.74, 6) is 1.03. The molecular formula is C29H38ClN7O2. The van der Waals surface area contributed by atoms with Gasteiger partial charge in [-0.25, -0.2) is 15.0 Å². The van der Waals surface area contributed by atoms with E-state index in [-0.39, 0.29) is 18.6 Å². The van der Waals surface area contributed by atoms with Crippen molar-refractivity contribution in [3.8, 4) is 11.5 Å². The standard InChI is InChI=1S/C29H38ClN7O2/c1-21-8-6-11-24(32-21)28-33-22(2)27(30)29(35-28)31-20-25(23-9-4-3-5-10-23)34-26(39)12-7-13-36-14-16-37(17-15-36)18-19-38/h3-6,8-11,25,38H,7,12-20H2,1-2H3,(H,34,39)(H,31,33,35)/t25-/m0/s1. The minimum atomic E-state index is -0.257. The average Bonchev–Trinajstić information content (AvgIpc) is 2.94. The van der Waals surface area contributed by atoms with E-state index in [9.17, 15) is 4.79 Å². The summed E-state index contributed by atoms with van der Waals surface area (Å²) < 4.78 is 0. The van der Waals surface area contributed by atoms with Crippen LogP contribution >= 0.6 is 11.6 Å². The molecule has 0 saturated carbocycles. The SMILES string of the molecule is Cc1cccc(-c2nc(C)c(Cl)c(NC[C@H](NC(=O)CCCN3CCN(CCO)CC3)c3ccccc3)n2)n1. The number of carbonyl (C=O) groups is 1. The number of aliphatic hydroxyl groups is 1. The Morgan fingerprint density at radius 3 is 2.38 bits per heavy atom. The second-order valence-electron chi connectivity index (χ2n) is 9.88. The molecule has 2 aromatic heterocycles. The number of hydrogen-bond donors (Lipinski definition) is 3. The molecule has 208 valence electrons. The van der Waals surface area contributed by atoms with Gasteiger partial charge in [-0.2, -0.15) is 0 Å². The number of carbonyl (C=O) groups excluding carboxylic acids is 1. The maximum absolute atomic E-state index is 13.0. The van der Waals surface area contributed by atoms with Gasteiger partial charge in [-0.15, -0.1) is 0 Å². The maximum atomic E-state index is 13.0. The Balaban J connectivity index is 1.37. The van der Waals surface area contributed by atoms with Gasteiger partial charge in [0.25, 0.3) is 0 Å². The molecule has 39 heavy (non-hydrogen) atoms. The van der Waals surface area contributed by atoms with Gasteiger partial charge in [0.2, 0.25) is 5.91 Å². The van der Waals surface area contributed by atoms with Crippen LogP contribution in [-0.4, -0.2) is 88.2 Å². The molecule has 1 aromatic carbocycles. The van der Waals surface area contributed by atoms with E-state index in [1.165, 1.54) is 0 Å². The van der Waals surface area contributed by atoms with Gasteiger partial charge in [0, 0.05) is 51.4 Å². The predicted octanol–water partition coefficient (Wildman–Crippen LogP) is 3.47. The molecule has 3 N–H and O–H groups in total. The lowest BCUT2D eigenvalue weighted by atomic mass is 10.1. The highest BCUT2D eigenvalue weighted by atomic mass is 35.5. The second-order valence-corrected chi connectivity index (χ2v) is 10.3. The molecular weight excluding hydrogens is 514 g/mol. The van der Waals surface area contributed by atoms with E-state index < -0.39 is 0 Å². The lowest BCUT2D eigenvalue weighted by Gasteiger charge is -2.34. The van der Waals surface area contributed by atoms with Crippen LogP contribution in [0.1, 0.15) is 35.8 Å². The highest BCUT2D eigenvalue weighted by Crippen LogP contribution is 2.26. The predicted molar refractivity (Wildman–Crippen MR) is 155 cm³/mol. The number of anilines is 1. The normalized spacial score (nSPS) is 15.2. The van der Waals surface area contributed by atoms with Crippen LogP contribution in [0.15, 0.2) is 48.5 Å². The van der Waals surface area contributed by atoms with Crippen LogP contribution in [0.3, 0.4) is 0 Å². The van der Waals surface area contributed by atoms with Crippen LogP contribution in [0.5, 0.6) is 0 Å². The van der Waals surface area contributed by atoms with E-state index in [0.29, 0.717) is 41.0 Å². The van der Waals surface area contributed by atoms with Crippen LogP contribution in [0.2, 0.25) is 5.02 Å². The summed E-state index contributed by atoms with van der Waals surface area (Å²) in [6.45, 7) is 9.87. The zero-order chi connectivity index (χ0) is 27.6. The zero-order valence-electron chi connectivity index (χ0n) is 22.7. The number of aliphatic hydroxyl groups excluding tert-OH is 1. The van der Waals surface area contributed by atoms with Gasteiger partial charge < -0.3 is 20.6 Å². The Morgan fingerprint density at radius 2 is 1.69 bits per heavy atom. The molecule has 0 spiro atoms. The number of β-amino-alcohol motifs (C(OH)–C–C–N with tert-alkyl or cyclic N) is 1. The molecule has 1 saturated heterocycles. The number of halogens is 1. The lowest BCUT2D eigenvalue weighted by Crippen LogP contribution is -2.47. The molecule has 3 heterocycles. The third-order valence-electron chi connectivity index (χ3n) is 6.90. The molecule has 1 atom stereocenters.